The van der Waals surface area contributed by atoms with Crippen LogP contribution in [0.25, 0.3) is 0 Å². The number of halogens is 1. The SMILES string of the molecule is COc1ncc(NC(=O)Nc2ccccc2F)c(N(C)C)n1. The molecule has 0 saturated carbocycles. The summed E-state index contributed by atoms with van der Waals surface area (Å²) in [6.45, 7) is 0. The monoisotopic (exact) mass is 305 g/mol. The first-order chi connectivity index (χ1) is 10.5. The molecule has 2 N–H and O–H groups in total. The molecule has 2 amide bonds. The lowest BCUT2D eigenvalue weighted by Crippen LogP contribution is -2.23. The maximum atomic E-state index is 13.5. The van der Waals surface area contributed by atoms with Gasteiger partial charge in [0.2, 0.25) is 0 Å². The average molecular weight is 305 g/mol. The van der Waals surface area contributed by atoms with Gasteiger partial charge in [0, 0.05) is 14.1 Å². The Hall–Kier alpha value is -2.90. The Morgan fingerprint density at radius 3 is 2.55 bits per heavy atom. The van der Waals surface area contributed by atoms with E-state index in [9.17, 15) is 9.18 Å². The van der Waals surface area contributed by atoms with Crippen LogP contribution in [0.2, 0.25) is 0 Å². The van der Waals surface area contributed by atoms with Crippen molar-refractivity contribution in [3.8, 4) is 6.01 Å². The van der Waals surface area contributed by atoms with Gasteiger partial charge in [-0.05, 0) is 12.1 Å². The van der Waals surface area contributed by atoms with Gasteiger partial charge < -0.3 is 20.3 Å². The summed E-state index contributed by atoms with van der Waals surface area (Å²) in [4.78, 5) is 21.8. The number of anilines is 3. The number of aromatic nitrogens is 2. The number of hydrogen-bond acceptors (Lipinski definition) is 5. The molecule has 1 heterocycles. The van der Waals surface area contributed by atoms with Crippen molar-refractivity contribution < 1.29 is 13.9 Å². The number of urea groups is 1. The van der Waals surface area contributed by atoms with Crippen molar-refractivity contribution >= 4 is 23.2 Å². The molecule has 0 bridgehead atoms. The van der Waals surface area contributed by atoms with E-state index >= 15 is 0 Å². The van der Waals surface area contributed by atoms with E-state index in [1.54, 1.807) is 31.1 Å². The number of amides is 2. The zero-order valence-electron chi connectivity index (χ0n) is 12.4. The van der Waals surface area contributed by atoms with Crippen LogP contribution < -0.4 is 20.3 Å². The first-order valence-corrected chi connectivity index (χ1v) is 6.42. The van der Waals surface area contributed by atoms with Crippen LogP contribution >= 0.6 is 0 Å². The zero-order valence-corrected chi connectivity index (χ0v) is 12.4. The number of carbonyl (C=O) groups excluding carboxylic acids is 1. The fraction of sp³-hybridized carbons (Fsp3) is 0.214. The fourth-order valence-corrected chi connectivity index (χ4v) is 1.72. The summed E-state index contributed by atoms with van der Waals surface area (Å²) in [5.41, 5.74) is 0.459. The average Bonchev–Trinajstić information content (AvgIpc) is 2.49. The second-order valence-electron chi connectivity index (χ2n) is 4.55. The largest absolute Gasteiger partial charge is 0.467 e. The highest BCUT2D eigenvalue weighted by Crippen LogP contribution is 2.23. The van der Waals surface area contributed by atoms with Gasteiger partial charge in [0.1, 0.15) is 11.5 Å². The Kier molecular flexibility index (Phi) is 4.72. The number of methoxy groups -OCH3 is 1. The first kappa shape index (κ1) is 15.5. The quantitative estimate of drug-likeness (QED) is 0.906. The Balaban J connectivity index is 2.16. The minimum absolute atomic E-state index is 0.0841. The minimum atomic E-state index is -0.595. The summed E-state index contributed by atoms with van der Waals surface area (Å²) in [5.74, 6) is -0.0491. The van der Waals surface area contributed by atoms with Crippen molar-refractivity contribution in [1.29, 1.82) is 0 Å². The molecule has 2 aromatic rings. The molecule has 0 unspecified atom stereocenters. The normalized spacial score (nSPS) is 10.0. The molecule has 1 aromatic heterocycles. The van der Waals surface area contributed by atoms with Crippen molar-refractivity contribution in [2.24, 2.45) is 0 Å². The van der Waals surface area contributed by atoms with Crippen molar-refractivity contribution in [3.63, 3.8) is 0 Å². The lowest BCUT2D eigenvalue weighted by atomic mass is 10.3. The smallest absolute Gasteiger partial charge is 0.323 e. The predicted octanol–water partition coefficient (Wildman–Crippen LogP) is 2.33. The number of ether oxygens (including phenoxy) is 1. The van der Waals surface area contributed by atoms with E-state index in [4.69, 9.17) is 4.74 Å². The number of benzene rings is 1. The van der Waals surface area contributed by atoms with E-state index < -0.39 is 11.8 Å². The third kappa shape index (κ3) is 3.60. The van der Waals surface area contributed by atoms with Crippen molar-refractivity contribution in [1.82, 2.24) is 9.97 Å². The van der Waals surface area contributed by atoms with E-state index in [-0.39, 0.29) is 11.7 Å². The number of nitrogens with zero attached hydrogens (tertiary/aromatic N) is 3. The van der Waals surface area contributed by atoms with Crippen LogP contribution in [0.1, 0.15) is 0 Å². The summed E-state index contributed by atoms with van der Waals surface area (Å²) in [5, 5.41) is 5.00. The molecular weight excluding hydrogens is 289 g/mol. The van der Waals surface area contributed by atoms with Crippen molar-refractivity contribution in [2.75, 3.05) is 36.7 Å². The van der Waals surface area contributed by atoms with E-state index in [0.29, 0.717) is 11.5 Å². The Labute approximate surface area is 127 Å². The van der Waals surface area contributed by atoms with Crippen LogP contribution in [0.4, 0.5) is 26.4 Å². The summed E-state index contributed by atoms with van der Waals surface area (Å²) in [6.07, 6.45) is 1.42. The maximum Gasteiger partial charge on any atom is 0.323 e. The molecule has 22 heavy (non-hydrogen) atoms. The molecule has 1 aromatic carbocycles. The lowest BCUT2D eigenvalue weighted by molar-refractivity contribution is 0.262. The molecule has 116 valence electrons. The maximum absolute atomic E-state index is 13.5. The second kappa shape index (κ2) is 6.70. The van der Waals surface area contributed by atoms with Crippen molar-refractivity contribution in [2.45, 2.75) is 0 Å². The summed E-state index contributed by atoms with van der Waals surface area (Å²) in [7, 11) is 4.98. The summed E-state index contributed by atoms with van der Waals surface area (Å²) < 4.78 is 18.5. The van der Waals surface area contributed by atoms with Crippen LogP contribution in [0, 0.1) is 5.82 Å². The molecule has 0 aliphatic heterocycles. The Morgan fingerprint density at radius 1 is 1.23 bits per heavy atom. The van der Waals surface area contributed by atoms with Gasteiger partial charge in [-0.1, -0.05) is 12.1 Å². The minimum Gasteiger partial charge on any atom is -0.467 e. The first-order valence-electron chi connectivity index (χ1n) is 6.42. The number of hydrogen-bond donors (Lipinski definition) is 2. The highest BCUT2D eigenvalue weighted by molar-refractivity contribution is 6.01. The molecule has 2 rings (SSSR count). The molecule has 0 atom stereocenters. The molecule has 7 nitrogen and oxygen atoms in total. The van der Waals surface area contributed by atoms with E-state index in [1.807, 2.05) is 0 Å². The highest BCUT2D eigenvalue weighted by atomic mass is 19.1. The van der Waals surface area contributed by atoms with Gasteiger partial charge in [0.05, 0.1) is 19.0 Å². The number of carbonyl (C=O) groups is 1. The van der Waals surface area contributed by atoms with Crippen LogP contribution in [-0.4, -0.2) is 37.2 Å². The van der Waals surface area contributed by atoms with Gasteiger partial charge in [-0.25, -0.2) is 14.2 Å². The third-order valence-corrected chi connectivity index (χ3v) is 2.72. The van der Waals surface area contributed by atoms with Crippen LogP contribution in [0.15, 0.2) is 30.5 Å². The van der Waals surface area contributed by atoms with Crippen LogP contribution in [0.5, 0.6) is 6.01 Å². The zero-order chi connectivity index (χ0) is 16.1. The fourth-order valence-electron chi connectivity index (χ4n) is 1.72. The predicted molar refractivity (Wildman–Crippen MR) is 82.0 cm³/mol. The van der Waals surface area contributed by atoms with Gasteiger partial charge in [-0.3, -0.25) is 0 Å². The van der Waals surface area contributed by atoms with E-state index in [1.165, 1.54) is 25.4 Å². The molecule has 0 aliphatic rings. The van der Waals surface area contributed by atoms with Crippen molar-refractivity contribution in [3.05, 3.63) is 36.3 Å². The molecule has 0 aliphatic carbocycles. The van der Waals surface area contributed by atoms with Gasteiger partial charge in [-0.15, -0.1) is 0 Å². The summed E-state index contributed by atoms with van der Waals surface area (Å²) in [6, 6.07) is 5.48. The number of nitrogens with one attached hydrogen (secondary N) is 2. The van der Waals surface area contributed by atoms with E-state index in [0.717, 1.165) is 0 Å². The molecule has 0 spiro atoms. The van der Waals surface area contributed by atoms with Gasteiger partial charge in [0.25, 0.3) is 0 Å². The molecule has 0 radical (unpaired) electrons. The number of para-hydroxylation sites is 1. The number of rotatable bonds is 4. The van der Waals surface area contributed by atoms with E-state index in [2.05, 4.69) is 20.6 Å². The Bertz CT molecular complexity index is 678. The molecular formula is C14H16FN5O2. The van der Waals surface area contributed by atoms with Gasteiger partial charge in [-0.2, -0.15) is 4.98 Å². The standard InChI is InChI=1S/C14H16FN5O2/c1-20(2)12-11(8-16-14(19-12)22-3)18-13(21)17-10-7-5-4-6-9(10)15/h4-8H,1-3H3,(H2,17,18,21). The Morgan fingerprint density at radius 2 is 1.91 bits per heavy atom. The lowest BCUT2D eigenvalue weighted by Gasteiger charge is -2.17. The molecule has 8 heteroatoms. The second-order valence-corrected chi connectivity index (χ2v) is 4.55. The molecule has 0 saturated heterocycles. The third-order valence-electron chi connectivity index (χ3n) is 2.72. The van der Waals surface area contributed by atoms with Gasteiger partial charge in [0.15, 0.2) is 5.82 Å². The topological polar surface area (TPSA) is 79.4 Å². The summed E-state index contributed by atoms with van der Waals surface area (Å²) >= 11 is 0. The van der Waals surface area contributed by atoms with Gasteiger partial charge >= 0.3 is 12.0 Å². The molecule has 0 fully saturated rings. The van der Waals surface area contributed by atoms with Crippen LogP contribution in [-0.2, 0) is 0 Å². The van der Waals surface area contributed by atoms with Crippen LogP contribution in [0.3, 0.4) is 0 Å². The highest BCUT2D eigenvalue weighted by Gasteiger charge is 2.13.